The molecule has 0 fully saturated rings. The maximum atomic E-state index is 11.8. The van der Waals surface area contributed by atoms with Gasteiger partial charge in [0.05, 0.1) is 17.0 Å². The average Bonchev–Trinajstić information content (AvgIpc) is 3.58. The molecule has 5 aromatic carbocycles. The van der Waals surface area contributed by atoms with Gasteiger partial charge in [0.25, 0.3) is 17.2 Å². The number of carbonyl (C=O) groups excluding carboxylic acids is 1. The first-order chi connectivity index (χ1) is 24.2. The molecule has 0 saturated carbocycles. The van der Waals surface area contributed by atoms with E-state index in [1.165, 1.54) is 28.4 Å². The van der Waals surface area contributed by atoms with Crippen molar-refractivity contribution in [1.29, 1.82) is 0 Å². The third kappa shape index (κ3) is 5.67. The van der Waals surface area contributed by atoms with Gasteiger partial charge in [-0.2, -0.15) is 4.57 Å². The van der Waals surface area contributed by atoms with Crippen molar-refractivity contribution in [2.45, 2.75) is 32.2 Å². The van der Waals surface area contributed by atoms with Crippen LogP contribution in [0.1, 0.15) is 30.8 Å². The van der Waals surface area contributed by atoms with E-state index in [0.29, 0.717) is 19.6 Å². The van der Waals surface area contributed by atoms with E-state index >= 15 is 0 Å². The molecule has 250 valence electrons. The average molecular weight is 685 g/mol. The molecule has 2 heterocycles. The van der Waals surface area contributed by atoms with Crippen LogP contribution in [-0.4, -0.2) is 35.6 Å². The molecule has 0 radical (unpaired) electrons. The lowest BCUT2D eigenvalue weighted by Crippen LogP contribution is -2.37. The Morgan fingerprint density at radius 2 is 1.66 bits per heavy atom. The van der Waals surface area contributed by atoms with Gasteiger partial charge in [0.15, 0.2) is 6.54 Å². The lowest BCUT2D eigenvalue weighted by Gasteiger charge is -2.26. The van der Waals surface area contributed by atoms with Crippen molar-refractivity contribution in [3.8, 4) is 0 Å². The van der Waals surface area contributed by atoms with E-state index in [-0.39, 0.29) is 18.7 Å². The molecule has 0 saturated heterocycles. The molecule has 6 aromatic rings. The minimum Gasteiger partial charge on any atom is -0.481 e. The van der Waals surface area contributed by atoms with Gasteiger partial charge in [0, 0.05) is 52.7 Å². The summed E-state index contributed by atoms with van der Waals surface area (Å²) in [4.78, 5) is 36.0. The fourth-order valence-electron chi connectivity index (χ4n) is 7.24. The maximum absolute atomic E-state index is 11.8. The van der Waals surface area contributed by atoms with Crippen LogP contribution in [0.3, 0.4) is 0 Å². The van der Waals surface area contributed by atoms with Crippen LogP contribution in [0.4, 0.5) is 11.4 Å². The molecule has 10 heteroatoms. The number of aromatic nitrogens is 1. The van der Waals surface area contributed by atoms with Crippen LogP contribution in [0.5, 0.6) is 0 Å². The van der Waals surface area contributed by atoms with E-state index in [9.17, 15) is 24.8 Å². The van der Waals surface area contributed by atoms with Crippen molar-refractivity contribution in [3.63, 3.8) is 0 Å². The predicted octanol–water partition coefficient (Wildman–Crippen LogP) is 8.46. The monoisotopic (exact) mass is 684 g/mol. The van der Waals surface area contributed by atoms with Crippen LogP contribution in [0.2, 0.25) is 0 Å². The molecule has 1 aromatic heterocycles. The summed E-state index contributed by atoms with van der Waals surface area (Å²) in [5.74, 6) is -0.850. The largest absolute Gasteiger partial charge is 0.481 e. The maximum Gasteiger partial charge on any atom is 0.305 e. The Bertz CT molecular complexity index is 2440. The van der Waals surface area contributed by atoms with Gasteiger partial charge in [0.2, 0.25) is 5.52 Å². The van der Waals surface area contributed by atoms with E-state index < -0.39 is 16.3 Å². The number of fused-ring (bicyclic) bond motifs is 9. The van der Waals surface area contributed by atoms with E-state index in [1.54, 1.807) is 12.1 Å². The van der Waals surface area contributed by atoms with Crippen LogP contribution in [0.15, 0.2) is 109 Å². The fourth-order valence-corrected chi connectivity index (χ4v) is 8.46. The fraction of sp³-hybridized carbons (Fsp3) is 0.175. The third-order valence-corrected chi connectivity index (χ3v) is 10.6. The summed E-state index contributed by atoms with van der Waals surface area (Å²) >= 11 is 1.51. The van der Waals surface area contributed by atoms with Gasteiger partial charge in [-0.05, 0) is 45.3 Å². The normalized spacial score (nSPS) is 14.9. The molecule has 0 unspecified atom stereocenters. The van der Waals surface area contributed by atoms with Crippen LogP contribution in [0.25, 0.3) is 48.6 Å². The van der Waals surface area contributed by atoms with Gasteiger partial charge in [0.1, 0.15) is 11.3 Å². The number of anilines is 1. The zero-order chi connectivity index (χ0) is 35.0. The molecule has 1 aliphatic heterocycles. The van der Waals surface area contributed by atoms with E-state index in [0.717, 1.165) is 53.5 Å². The van der Waals surface area contributed by atoms with Crippen LogP contribution >= 0.6 is 11.3 Å². The molecule has 0 atom stereocenters. The van der Waals surface area contributed by atoms with Gasteiger partial charge < -0.3 is 14.7 Å². The quantitative estimate of drug-likeness (QED) is 0.0277. The second-order valence-electron chi connectivity index (χ2n) is 12.7. The SMILES string of the molecule is CC1(C)C(=CC=CC=Cc2sc3c4cc([N+](=O)[O-])ccc4ccc3[n+]2CCOC=O)N(CCC(=O)O)c2c1c1ccccc1c1ccccc21. The van der Waals surface area contributed by atoms with Crippen LogP contribution in [-0.2, 0) is 26.3 Å². The summed E-state index contributed by atoms with van der Waals surface area (Å²) in [5, 5.41) is 28.4. The minimum atomic E-state index is -0.850. The van der Waals surface area contributed by atoms with Crippen molar-refractivity contribution >= 4 is 83.8 Å². The van der Waals surface area contributed by atoms with E-state index in [2.05, 4.69) is 61.2 Å². The topological polar surface area (TPSA) is 114 Å². The van der Waals surface area contributed by atoms with Crippen molar-refractivity contribution in [1.82, 2.24) is 0 Å². The first-order valence-electron chi connectivity index (χ1n) is 16.3. The lowest BCUT2D eigenvalue weighted by atomic mass is 9.80. The summed E-state index contributed by atoms with van der Waals surface area (Å²) in [5.41, 5.74) is 3.75. The number of carboxylic acid groups (broad SMARTS) is 1. The number of non-ortho nitro benzene ring substituents is 1. The minimum absolute atomic E-state index is 0.00474. The number of benzene rings is 5. The highest BCUT2D eigenvalue weighted by Gasteiger charge is 2.42. The van der Waals surface area contributed by atoms with Crippen molar-refractivity contribution in [3.05, 3.63) is 130 Å². The smallest absolute Gasteiger partial charge is 0.305 e. The molecule has 7 rings (SSSR count). The molecule has 0 amide bonds. The Kier molecular flexibility index (Phi) is 8.63. The number of hydrogen-bond acceptors (Lipinski definition) is 7. The van der Waals surface area contributed by atoms with E-state index in [1.807, 2.05) is 53.1 Å². The Hall–Kier alpha value is -5.87. The van der Waals surface area contributed by atoms with Gasteiger partial charge in [-0.25, -0.2) is 0 Å². The Balaban J connectivity index is 1.29. The molecule has 0 bridgehead atoms. The van der Waals surface area contributed by atoms with Gasteiger partial charge in [-0.1, -0.05) is 91.9 Å². The Labute approximate surface area is 291 Å². The number of allylic oxidation sites excluding steroid dienone is 5. The summed E-state index contributed by atoms with van der Waals surface area (Å²) < 4.78 is 7.97. The Morgan fingerprint density at radius 1 is 0.960 bits per heavy atom. The number of aliphatic carboxylic acids is 1. The number of nitro groups is 1. The molecule has 50 heavy (non-hydrogen) atoms. The number of rotatable bonds is 11. The molecular formula is C40H34N3O6S+. The highest BCUT2D eigenvalue weighted by atomic mass is 32.1. The summed E-state index contributed by atoms with van der Waals surface area (Å²) in [6, 6.07) is 25.5. The number of carbonyl (C=O) groups is 2. The third-order valence-electron chi connectivity index (χ3n) is 9.41. The van der Waals surface area contributed by atoms with Gasteiger partial charge in [-0.15, -0.1) is 0 Å². The van der Waals surface area contributed by atoms with Crippen molar-refractivity contribution < 1.29 is 28.9 Å². The zero-order valence-corrected chi connectivity index (χ0v) is 28.4. The summed E-state index contributed by atoms with van der Waals surface area (Å²) in [7, 11) is 0. The molecular weight excluding hydrogens is 651 g/mol. The van der Waals surface area contributed by atoms with Crippen molar-refractivity contribution in [2.24, 2.45) is 0 Å². The van der Waals surface area contributed by atoms with Crippen LogP contribution in [0, 0.1) is 10.1 Å². The number of nitro benzene ring substituents is 1. The first-order valence-corrected chi connectivity index (χ1v) is 17.1. The van der Waals surface area contributed by atoms with Gasteiger partial charge in [-0.3, -0.25) is 19.7 Å². The van der Waals surface area contributed by atoms with Crippen molar-refractivity contribution in [2.75, 3.05) is 18.1 Å². The molecule has 0 spiro atoms. The number of ether oxygens (including phenoxy) is 1. The molecule has 1 N–H and O–H groups in total. The van der Waals surface area contributed by atoms with E-state index in [4.69, 9.17) is 4.74 Å². The highest BCUT2D eigenvalue weighted by Crippen LogP contribution is 2.54. The Morgan fingerprint density at radius 3 is 2.38 bits per heavy atom. The molecule has 1 aliphatic rings. The second-order valence-corrected chi connectivity index (χ2v) is 13.7. The number of nitrogens with zero attached hydrogens (tertiary/aromatic N) is 3. The molecule has 0 aliphatic carbocycles. The standard InChI is InChI=1S/C40H33N3O6S/c1-40(2)34(42(21-20-36(45)46)38-31-13-9-7-11-29(31)28-10-6-8-12-30(28)37(38)40)14-4-3-5-15-35-41(22-23-49-25-44)33-19-17-26-16-18-27(43(47)48)24-32(26)39(33)50-35/h3-19,24-25H,20-23H2,1-2H3/p+1. The number of carboxylic acids is 1. The summed E-state index contributed by atoms with van der Waals surface area (Å²) in [6.07, 6.45) is 9.89. The van der Waals surface area contributed by atoms with Gasteiger partial charge >= 0.3 is 5.97 Å². The van der Waals surface area contributed by atoms with Crippen LogP contribution < -0.4 is 9.47 Å². The second kappa shape index (κ2) is 13.2. The first kappa shape index (κ1) is 32.7. The zero-order valence-electron chi connectivity index (χ0n) is 27.5. The highest BCUT2D eigenvalue weighted by molar-refractivity contribution is 7.19. The number of hydrogen-bond donors (Lipinski definition) is 1. The molecule has 9 nitrogen and oxygen atoms in total. The summed E-state index contributed by atoms with van der Waals surface area (Å²) in [6.45, 7) is 5.74. The number of thiazole rings is 1. The lowest BCUT2D eigenvalue weighted by molar-refractivity contribution is -0.669. The predicted molar refractivity (Wildman–Crippen MR) is 199 cm³/mol.